The number of rotatable bonds is 4. The molecule has 6 aromatic rings. The molecule has 2 N–H and O–H groups in total. The molecule has 0 bridgehead atoms. The summed E-state index contributed by atoms with van der Waals surface area (Å²) < 4.78 is 3.16. The van der Waals surface area contributed by atoms with Gasteiger partial charge in [0, 0.05) is 20.3 Å². The van der Waals surface area contributed by atoms with E-state index in [1.807, 2.05) is 71.4 Å². The summed E-state index contributed by atoms with van der Waals surface area (Å²) in [5.74, 6) is 1.69. The number of hydrogen-bond acceptors (Lipinski definition) is 8. The van der Waals surface area contributed by atoms with E-state index in [0.29, 0.717) is 0 Å². The van der Waals surface area contributed by atoms with Crippen LogP contribution in [0.25, 0.3) is 20.4 Å². The highest BCUT2D eigenvalue weighted by atomic mass is 79.9. The number of thiophene rings is 2. The second-order valence-corrected chi connectivity index (χ2v) is 10.6. The fourth-order valence-corrected chi connectivity index (χ4v) is 5.49. The standard InChI is InChI=1S/2C12H8BrN3S/c13-8-2-1-3-9(6-8)16-12-11-10(4-5-17-11)14-7-15-12;13-8-2-1-3-9(6-8)16-11-10-4-5-17-12(10)15-7-14-11/h2*1-7H,(H,14,15,16). The van der Waals surface area contributed by atoms with Crippen LogP contribution in [-0.2, 0) is 0 Å². The maximum Gasteiger partial charge on any atom is 0.151 e. The predicted molar refractivity (Wildman–Crippen MR) is 150 cm³/mol. The second-order valence-electron chi connectivity index (χ2n) is 6.99. The van der Waals surface area contributed by atoms with Gasteiger partial charge >= 0.3 is 0 Å². The van der Waals surface area contributed by atoms with Gasteiger partial charge in [-0.3, -0.25) is 0 Å². The molecular weight excluding hydrogens is 596 g/mol. The molecule has 0 radical (unpaired) electrons. The van der Waals surface area contributed by atoms with E-state index >= 15 is 0 Å². The van der Waals surface area contributed by atoms with Crippen LogP contribution in [0, 0.1) is 0 Å². The molecule has 4 aromatic heterocycles. The van der Waals surface area contributed by atoms with E-state index in [9.17, 15) is 0 Å². The molecule has 0 amide bonds. The molecule has 0 aliphatic rings. The lowest BCUT2D eigenvalue weighted by Crippen LogP contribution is -1.94. The van der Waals surface area contributed by atoms with Gasteiger partial charge in [0.05, 0.1) is 15.6 Å². The first-order valence-corrected chi connectivity index (χ1v) is 13.4. The zero-order valence-corrected chi connectivity index (χ0v) is 22.2. The molecule has 0 saturated heterocycles. The van der Waals surface area contributed by atoms with Crippen LogP contribution in [0.15, 0.2) is 93.0 Å². The maximum atomic E-state index is 4.28. The highest BCUT2D eigenvalue weighted by molar-refractivity contribution is 9.10. The predicted octanol–water partition coefficient (Wildman–Crippen LogP) is 8.39. The smallest absolute Gasteiger partial charge is 0.151 e. The van der Waals surface area contributed by atoms with Gasteiger partial charge in [-0.15, -0.1) is 22.7 Å². The average molecular weight is 612 g/mol. The Balaban J connectivity index is 0.000000142. The van der Waals surface area contributed by atoms with Crippen molar-refractivity contribution in [2.45, 2.75) is 0 Å². The summed E-state index contributed by atoms with van der Waals surface area (Å²) in [6, 6.07) is 20.0. The quantitative estimate of drug-likeness (QED) is 0.208. The lowest BCUT2D eigenvalue weighted by atomic mass is 10.3. The second kappa shape index (κ2) is 10.6. The third-order valence-electron chi connectivity index (χ3n) is 4.68. The number of hydrogen-bond donors (Lipinski definition) is 2. The van der Waals surface area contributed by atoms with E-state index in [4.69, 9.17) is 0 Å². The molecule has 10 heteroatoms. The maximum absolute atomic E-state index is 4.28. The monoisotopic (exact) mass is 610 g/mol. The van der Waals surface area contributed by atoms with Gasteiger partial charge in [-0.25, -0.2) is 19.9 Å². The Kier molecular flexibility index (Phi) is 7.10. The third kappa shape index (κ3) is 5.41. The molecule has 6 nitrogen and oxygen atoms in total. The first kappa shape index (κ1) is 22.9. The number of anilines is 4. The van der Waals surface area contributed by atoms with Crippen LogP contribution in [0.1, 0.15) is 0 Å². The van der Waals surface area contributed by atoms with Gasteiger partial charge in [0.25, 0.3) is 0 Å². The first-order chi connectivity index (χ1) is 16.7. The van der Waals surface area contributed by atoms with Crippen molar-refractivity contribution in [1.29, 1.82) is 0 Å². The van der Waals surface area contributed by atoms with Gasteiger partial charge in [0.1, 0.15) is 23.3 Å². The van der Waals surface area contributed by atoms with Crippen LogP contribution in [-0.4, -0.2) is 19.9 Å². The Morgan fingerprint density at radius 1 is 0.647 bits per heavy atom. The Morgan fingerprint density at radius 2 is 1.29 bits per heavy atom. The molecule has 0 aliphatic carbocycles. The van der Waals surface area contributed by atoms with E-state index in [1.165, 1.54) is 0 Å². The molecule has 0 aliphatic heterocycles. The molecule has 4 heterocycles. The summed E-state index contributed by atoms with van der Waals surface area (Å²) in [4.78, 5) is 18.0. The lowest BCUT2D eigenvalue weighted by Gasteiger charge is -2.06. The van der Waals surface area contributed by atoms with Crippen molar-refractivity contribution in [3.05, 3.63) is 93.0 Å². The van der Waals surface area contributed by atoms with Gasteiger partial charge in [-0.1, -0.05) is 44.0 Å². The number of halogens is 2. The third-order valence-corrected chi connectivity index (χ3v) is 7.40. The number of aromatic nitrogens is 4. The van der Waals surface area contributed by atoms with E-state index in [0.717, 1.165) is 52.4 Å². The number of nitrogens with one attached hydrogen (secondary N) is 2. The van der Waals surface area contributed by atoms with Crippen LogP contribution in [0.2, 0.25) is 0 Å². The largest absolute Gasteiger partial charge is 0.340 e. The van der Waals surface area contributed by atoms with Crippen LogP contribution >= 0.6 is 54.5 Å². The summed E-state index contributed by atoms with van der Waals surface area (Å²) in [6.45, 7) is 0. The van der Waals surface area contributed by atoms with Gasteiger partial charge in [-0.2, -0.15) is 0 Å². The fraction of sp³-hybridized carbons (Fsp3) is 0. The van der Waals surface area contributed by atoms with Crippen LogP contribution < -0.4 is 10.6 Å². The van der Waals surface area contributed by atoms with Crippen molar-refractivity contribution in [3.8, 4) is 0 Å². The summed E-state index contributed by atoms with van der Waals surface area (Å²) in [5.41, 5.74) is 2.99. The van der Waals surface area contributed by atoms with Gasteiger partial charge < -0.3 is 10.6 Å². The van der Waals surface area contributed by atoms with Crippen molar-refractivity contribution in [1.82, 2.24) is 19.9 Å². The zero-order valence-electron chi connectivity index (χ0n) is 17.4. The highest BCUT2D eigenvalue weighted by Gasteiger charge is 2.06. The Morgan fingerprint density at radius 3 is 2.03 bits per heavy atom. The minimum atomic E-state index is 0.842. The molecule has 34 heavy (non-hydrogen) atoms. The molecule has 0 fully saturated rings. The van der Waals surface area contributed by atoms with E-state index in [1.54, 1.807) is 35.3 Å². The van der Waals surface area contributed by atoms with Gasteiger partial charge in [0.2, 0.25) is 0 Å². The van der Waals surface area contributed by atoms with Crippen molar-refractivity contribution in [2.24, 2.45) is 0 Å². The normalized spacial score (nSPS) is 10.6. The number of benzene rings is 2. The Hall–Kier alpha value is -2.92. The van der Waals surface area contributed by atoms with Crippen molar-refractivity contribution in [3.63, 3.8) is 0 Å². The molecule has 2 aromatic carbocycles. The van der Waals surface area contributed by atoms with E-state index < -0.39 is 0 Å². The fourth-order valence-electron chi connectivity index (χ4n) is 3.17. The zero-order chi connectivity index (χ0) is 23.3. The molecule has 0 unspecified atom stereocenters. The summed E-state index contributed by atoms with van der Waals surface area (Å²) in [7, 11) is 0. The topological polar surface area (TPSA) is 75.6 Å². The number of nitrogens with zero attached hydrogens (tertiary/aromatic N) is 4. The van der Waals surface area contributed by atoms with Crippen LogP contribution in [0.3, 0.4) is 0 Å². The van der Waals surface area contributed by atoms with Crippen LogP contribution in [0.4, 0.5) is 23.0 Å². The molecule has 6 rings (SSSR count). The van der Waals surface area contributed by atoms with E-state index in [-0.39, 0.29) is 0 Å². The highest BCUT2D eigenvalue weighted by Crippen LogP contribution is 2.29. The Labute approximate surface area is 220 Å². The molecular formula is C24H16Br2N6S2. The SMILES string of the molecule is Brc1cccc(Nc2ncnc3ccsc23)c1.Brc1cccc(Nc2ncnc3sccc23)c1. The lowest BCUT2D eigenvalue weighted by molar-refractivity contribution is 1.23. The van der Waals surface area contributed by atoms with Crippen LogP contribution in [0.5, 0.6) is 0 Å². The van der Waals surface area contributed by atoms with E-state index in [2.05, 4.69) is 62.4 Å². The number of fused-ring (bicyclic) bond motifs is 2. The first-order valence-electron chi connectivity index (χ1n) is 10.1. The summed E-state index contributed by atoms with van der Waals surface area (Å²) >= 11 is 10.1. The van der Waals surface area contributed by atoms with Gasteiger partial charge in [-0.05, 0) is 59.3 Å². The minimum absolute atomic E-state index is 0.842. The molecule has 0 spiro atoms. The minimum Gasteiger partial charge on any atom is -0.340 e. The van der Waals surface area contributed by atoms with Crippen molar-refractivity contribution in [2.75, 3.05) is 10.6 Å². The summed E-state index contributed by atoms with van der Waals surface area (Å²) in [5, 5.41) is 11.7. The Bertz CT molecular complexity index is 1450. The molecule has 0 saturated carbocycles. The summed E-state index contributed by atoms with van der Waals surface area (Å²) in [6.07, 6.45) is 3.16. The molecule has 0 atom stereocenters. The van der Waals surface area contributed by atoms with Gasteiger partial charge in [0.15, 0.2) is 5.82 Å². The average Bonchev–Trinajstić information content (AvgIpc) is 3.50. The van der Waals surface area contributed by atoms with Crippen molar-refractivity contribution < 1.29 is 0 Å². The molecule has 168 valence electrons. The van der Waals surface area contributed by atoms with Crippen molar-refractivity contribution >= 4 is 98.0 Å².